The number of piperazine rings is 1. The number of hydrogen-bond acceptors (Lipinski definition) is 5. The Balaban J connectivity index is 1.62. The van der Waals surface area contributed by atoms with E-state index < -0.39 is 0 Å². The van der Waals surface area contributed by atoms with Crippen LogP contribution in [0.1, 0.15) is 22.8 Å². The van der Waals surface area contributed by atoms with Crippen molar-refractivity contribution < 1.29 is 14.4 Å². The van der Waals surface area contributed by atoms with Gasteiger partial charge in [-0.3, -0.25) is 4.79 Å². The molecule has 0 bridgehead atoms. The molecule has 1 aliphatic heterocycles. The van der Waals surface area contributed by atoms with Crippen molar-refractivity contribution in [2.75, 3.05) is 44.8 Å². The highest BCUT2D eigenvalue weighted by Gasteiger charge is 2.23. The lowest BCUT2D eigenvalue weighted by Gasteiger charge is -2.36. The summed E-state index contributed by atoms with van der Waals surface area (Å²) < 4.78 is 5.73. The number of amides is 1. The summed E-state index contributed by atoms with van der Waals surface area (Å²) in [5.74, 6) is 0.955. The normalized spacial score (nSPS) is 14.4. The lowest BCUT2D eigenvalue weighted by atomic mass is 10.1. The molecular formula is C21H25N3O3. The summed E-state index contributed by atoms with van der Waals surface area (Å²) in [6, 6.07) is 15.5. The number of benzene rings is 2. The Morgan fingerprint density at radius 3 is 2.44 bits per heavy atom. The van der Waals surface area contributed by atoms with Crippen LogP contribution in [0.3, 0.4) is 0 Å². The van der Waals surface area contributed by atoms with Crippen LogP contribution >= 0.6 is 0 Å². The highest BCUT2D eigenvalue weighted by molar-refractivity contribution is 5.95. The van der Waals surface area contributed by atoms with Crippen molar-refractivity contribution in [3.05, 3.63) is 59.7 Å². The quantitative estimate of drug-likeness (QED) is 0.582. The number of oxime groups is 1. The molecular weight excluding hydrogens is 342 g/mol. The summed E-state index contributed by atoms with van der Waals surface area (Å²) in [7, 11) is 1.50. The molecule has 2 aromatic rings. The largest absolute Gasteiger partial charge is 0.492 e. The fraction of sp³-hybridized carbons (Fsp3) is 0.333. The Morgan fingerprint density at radius 1 is 1.07 bits per heavy atom. The van der Waals surface area contributed by atoms with Crippen LogP contribution in [0.2, 0.25) is 0 Å². The van der Waals surface area contributed by atoms with Crippen LogP contribution in [-0.2, 0) is 4.84 Å². The van der Waals surface area contributed by atoms with Crippen molar-refractivity contribution in [3.63, 3.8) is 0 Å². The maximum atomic E-state index is 12.8. The minimum absolute atomic E-state index is 0.0583. The summed E-state index contributed by atoms with van der Waals surface area (Å²) >= 11 is 0. The molecule has 2 aromatic carbocycles. The summed E-state index contributed by atoms with van der Waals surface area (Å²) in [5, 5.41) is 3.73. The van der Waals surface area contributed by atoms with Gasteiger partial charge in [0.2, 0.25) is 0 Å². The zero-order valence-electron chi connectivity index (χ0n) is 15.8. The molecule has 0 atom stereocenters. The van der Waals surface area contributed by atoms with Gasteiger partial charge in [0, 0.05) is 31.7 Å². The van der Waals surface area contributed by atoms with E-state index in [9.17, 15) is 4.79 Å². The SMILES string of the molecule is CCOc1ccccc1N1CCN(C(=O)c2ccc(/C=N/OC)cc2)CC1. The van der Waals surface area contributed by atoms with Gasteiger partial charge in [-0.25, -0.2) is 0 Å². The van der Waals surface area contributed by atoms with Crippen molar-refractivity contribution in [3.8, 4) is 5.75 Å². The predicted molar refractivity (Wildman–Crippen MR) is 107 cm³/mol. The van der Waals surface area contributed by atoms with Crippen molar-refractivity contribution in [2.24, 2.45) is 5.16 Å². The van der Waals surface area contributed by atoms with Gasteiger partial charge in [-0.2, -0.15) is 0 Å². The fourth-order valence-electron chi connectivity index (χ4n) is 3.15. The maximum Gasteiger partial charge on any atom is 0.253 e. The van der Waals surface area contributed by atoms with Crippen molar-refractivity contribution >= 4 is 17.8 Å². The Bertz CT molecular complexity index is 782. The second-order valence-electron chi connectivity index (χ2n) is 6.22. The summed E-state index contributed by atoms with van der Waals surface area (Å²) in [5.41, 5.74) is 2.67. The van der Waals surface area contributed by atoms with E-state index in [4.69, 9.17) is 4.74 Å². The van der Waals surface area contributed by atoms with E-state index in [0.29, 0.717) is 25.3 Å². The Labute approximate surface area is 160 Å². The molecule has 27 heavy (non-hydrogen) atoms. The first-order chi connectivity index (χ1) is 13.2. The highest BCUT2D eigenvalue weighted by atomic mass is 16.6. The predicted octanol–water partition coefficient (Wildman–Crippen LogP) is 3.03. The van der Waals surface area contributed by atoms with Gasteiger partial charge in [0.1, 0.15) is 12.9 Å². The third kappa shape index (κ3) is 4.58. The van der Waals surface area contributed by atoms with Crippen LogP contribution in [-0.4, -0.2) is 56.9 Å². The zero-order chi connectivity index (χ0) is 19.1. The lowest BCUT2D eigenvalue weighted by Crippen LogP contribution is -2.48. The third-order valence-corrected chi connectivity index (χ3v) is 4.54. The van der Waals surface area contributed by atoms with Gasteiger partial charge >= 0.3 is 0 Å². The van der Waals surface area contributed by atoms with Gasteiger partial charge in [-0.1, -0.05) is 29.4 Å². The second kappa shape index (κ2) is 9.07. The first-order valence-corrected chi connectivity index (χ1v) is 9.15. The van der Waals surface area contributed by atoms with E-state index in [0.717, 1.165) is 30.1 Å². The summed E-state index contributed by atoms with van der Waals surface area (Å²) in [6.07, 6.45) is 1.61. The van der Waals surface area contributed by atoms with Crippen LogP contribution in [0.5, 0.6) is 5.75 Å². The number of hydrogen-bond donors (Lipinski definition) is 0. The number of ether oxygens (including phenoxy) is 1. The molecule has 1 heterocycles. The molecule has 1 fully saturated rings. The Kier molecular flexibility index (Phi) is 6.30. The Hall–Kier alpha value is -3.02. The third-order valence-electron chi connectivity index (χ3n) is 4.54. The fourth-order valence-corrected chi connectivity index (χ4v) is 3.15. The molecule has 0 unspecified atom stereocenters. The van der Waals surface area contributed by atoms with E-state index >= 15 is 0 Å². The van der Waals surface area contributed by atoms with Gasteiger partial charge in [-0.05, 0) is 36.8 Å². The van der Waals surface area contributed by atoms with Gasteiger partial charge in [0.15, 0.2) is 0 Å². The minimum atomic E-state index is 0.0583. The molecule has 6 heteroatoms. The van der Waals surface area contributed by atoms with E-state index in [-0.39, 0.29) is 5.91 Å². The van der Waals surface area contributed by atoms with Gasteiger partial charge < -0.3 is 19.4 Å². The van der Waals surface area contributed by atoms with E-state index in [1.807, 2.05) is 54.3 Å². The first kappa shape index (κ1) is 18.8. The molecule has 0 radical (unpaired) electrons. The molecule has 0 aliphatic carbocycles. The number of anilines is 1. The van der Waals surface area contributed by atoms with Crippen LogP contribution in [0, 0.1) is 0 Å². The van der Waals surface area contributed by atoms with Crippen LogP contribution in [0.4, 0.5) is 5.69 Å². The number of nitrogens with zero attached hydrogens (tertiary/aromatic N) is 3. The molecule has 0 aromatic heterocycles. The van der Waals surface area contributed by atoms with Crippen molar-refractivity contribution in [2.45, 2.75) is 6.92 Å². The van der Waals surface area contributed by atoms with Crippen molar-refractivity contribution in [1.29, 1.82) is 0 Å². The van der Waals surface area contributed by atoms with E-state index in [2.05, 4.69) is 21.0 Å². The number of carbonyl (C=O) groups is 1. The average molecular weight is 367 g/mol. The van der Waals surface area contributed by atoms with Crippen molar-refractivity contribution in [1.82, 2.24) is 4.90 Å². The van der Waals surface area contributed by atoms with Gasteiger partial charge in [-0.15, -0.1) is 0 Å². The highest BCUT2D eigenvalue weighted by Crippen LogP contribution is 2.29. The molecule has 0 N–H and O–H groups in total. The molecule has 1 aliphatic rings. The summed E-state index contributed by atoms with van der Waals surface area (Å²) in [6.45, 7) is 5.57. The molecule has 0 spiro atoms. The van der Waals surface area contributed by atoms with Crippen LogP contribution in [0.25, 0.3) is 0 Å². The van der Waals surface area contributed by atoms with Gasteiger partial charge in [0.25, 0.3) is 5.91 Å². The second-order valence-corrected chi connectivity index (χ2v) is 6.22. The van der Waals surface area contributed by atoms with E-state index in [1.54, 1.807) is 6.21 Å². The number of rotatable bonds is 6. The lowest BCUT2D eigenvalue weighted by molar-refractivity contribution is 0.0746. The zero-order valence-corrected chi connectivity index (χ0v) is 15.8. The van der Waals surface area contributed by atoms with Gasteiger partial charge in [0.05, 0.1) is 18.5 Å². The van der Waals surface area contributed by atoms with E-state index in [1.165, 1.54) is 7.11 Å². The molecule has 1 saturated heterocycles. The average Bonchev–Trinajstić information content (AvgIpc) is 2.73. The maximum absolute atomic E-state index is 12.8. The molecule has 0 saturated carbocycles. The molecule has 6 nitrogen and oxygen atoms in total. The Morgan fingerprint density at radius 2 is 1.78 bits per heavy atom. The smallest absolute Gasteiger partial charge is 0.253 e. The number of carbonyl (C=O) groups excluding carboxylic acids is 1. The minimum Gasteiger partial charge on any atom is -0.492 e. The molecule has 1 amide bonds. The topological polar surface area (TPSA) is 54.4 Å². The summed E-state index contributed by atoms with van der Waals surface area (Å²) in [4.78, 5) is 21.6. The monoisotopic (exact) mass is 367 g/mol. The van der Waals surface area contributed by atoms with Crippen LogP contribution < -0.4 is 9.64 Å². The molecule has 3 rings (SSSR count). The van der Waals surface area contributed by atoms with Crippen LogP contribution in [0.15, 0.2) is 53.7 Å². The number of para-hydroxylation sites is 2. The first-order valence-electron chi connectivity index (χ1n) is 9.15. The standard InChI is InChI=1S/C21H25N3O3/c1-3-27-20-7-5-4-6-19(20)23-12-14-24(15-13-23)21(25)18-10-8-17(9-11-18)16-22-26-2/h4-11,16H,3,12-15H2,1-2H3/b22-16+. The molecule has 142 valence electrons.